The van der Waals surface area contributed by atoms with Gasteiger partial charge in [0.05, 0.1) is 5.54 Å². The van der Waals surface area contributed by atoms with E-state index in [1.165, 1.54) is 0 Å². The summed E-state index contributed by atoms with van der Waals surface area (Å²) < 4.78 is 0. The fourth-order valence-corrected chi connectivity index (χ4v) is 3.23. The molecule has 0 bridgehead atoms. The van der Waals surface area contributed by atoms with Gasteiger partial charge in [-0.1, -0.05) is 68.5 Å². The lowest BCUT2D eigenvalue weighted by molar-refractivity contribution is -0.111. The minimum absolute atomic E-state index is 0.428. The largest absolute Gasteiger partial charge is 0.348 e. The van der Waals surface area contributed by atoms with Crippen LogP contribution in [0.3, 0.4) is 0 Å². The summed E-state index contributed by atoms with van der Waals surface area (Å²) in [6.45, 7) is 8.89. The highest BCUT2D eigenvalue weighted by Gasteiger charge is 2.32. The molecule has 0 aromatic heterocycles. The Morgan fingerprint density at radius 2 is 1.96 bits per heavy atom. The molecule has 0 spiro atoms. The predicted molar refractivity (Wildman–Crippen MR) is 111 cm³/mol. The lowest BCUT2D eigenvalue weighted by atomic mass is 9.86. The summed E-state index contributed by atoms with van der Waals surface area (Å²) in [5.74, 6) is 0. The van der Waals surface area contributed by atoms with Crippen molar-refractivity contribution in [3.63, 3.8) is 0 Å². The minimum atomic E-state index is -0.428. The second kappa shape index (κ2) is 12.4. The highest BCUT2D eigenvalue weighted by Crippen LogP contribution is 2.25. The van der Waals surface area contributed by atoms with Gasteiger partial charge >= 0.3 is 0 Å². The van der Waals surface area contributed by atoms with Crippen LogP contribution in [0.25, 0.3) is 0 Å². The average molecular weight is 358 g/mol. The lowest BCUT2D eigenvalue weighted by Gasteiger charge is -2.34. The van der Waals surface area contributed by atoms with Gasteiger partial charge in [0.15, 0.2) is 0 Å². The molecule has 1 fully saturated rings. The first-order valence-corrected chi connectivity index (χ1v) is 9.67. The normalized spacial score (nSPS) is 19.9. The first-order valence-electron chi connectivity index (χ1n) is 9.67. The quantitative estimate of drug-likeness (QED) is 0.525. The summed E-state index contributed by atoms with van der Waals surface area (Å²) in [5.41, 5.74) is 0.698. The van der Waals surface area contributed by atoms with Crippen molar-refractivity contribution in [2.24, 2.45) is 0 Å². The molecule has 1 aromatic carbocycles. The molecule has 0 saturated carbocycles. The number of likely N-dealkylation sites (N-methyl/N-ethyl adjacent to an activating group) is 1. The van der Waals surface area contributed by atoms with Crippen LogP contribution in [-0.4, -0.2) is 44.0 Å². The molecule has 2 atom stereocenters. The summed E-state index contributed by atoms with van der Waals surface area (Å²) in [6.07, 6.45) is 10.9. The van der Waals surface area contributed by atoms with Crippen LogP contribution in [0.4, 0.5) is 0 Å². The van der Waals surface area contributed by atoms with Gasteiger partial charge in [0.2, 0.25) is 6.41 Å². The number of carbonyl (C=O) groups is 1. The predicted octanol–water partition coefficient (Wildman–Crippen LogP) is 3.47. The van der Waals surface area contributed by atoms with Crippen molar-refractivity contribution in [2.75, 3.05) is 26.7 Å². The molecule has 4 nitrogen and oxygen atoms in total. The maximum Gasteiger partial charge on any atom is 0.207 e. The molecule has 1 heterocycles. The van der Waals surface area contributed by atoms with Crippen LogP contribution in [-0.2, 0) is 10.3 Å². The molecular formula is C22H35N3O. The van der Waals surface area contributed by atoms with Crippen LogP contribution < -0.4 is 10.6 Å². The molecule has 4 heteroatoms. The van der Waals surface area contributed by atoms with E-state index >= 15 is 0 Å². The van der Waals surface area contributed by atoms with Gasteiger partial charge < -0.3 is 15.5 Å². The van der Waals surface area contributed by atoms with E-state index in [0.29, 0.717) is 12.6 Å². The van der Waals surface area contributed by atoms with E-state index in [2.05, 4.69) is 40.8 Å². The zero-order chi connectivity index (χ0) is 19.3. The molecule has 0 radical (unpaired) electrons. The van der Waals surface area contributed by atoms with E-state index in [4.69, 9.17) is 0 Å². The van der Waals surface area contributed by atoms with Crippen molar-refractivity contribution in [3.8, 4) is 0 Å². The van der Waals surface area contributed by atoms with Gasteiger partial charge in [-0.05, 0) is 38.9 Å². The molecule has 0 aliphatic carbocycles. The van der Waals surface area contributed by atoms with Gasteiger partial charge in [0.25, 0.3) is 0 Å². The third-order valence-electron chi connectivity index (χ3n) is 4.65. The Morgan fingerprint density at radius 1 is 1.23 bits per heavy atom. The molecule has 1 amide bonds. The number of carbonyl (C=O) groups excluding carboxylic acids is 1. The Balaban J connectivity index is 0.00000163. The van der Waals surface area contributed by atoms with Crippen LogP contribution in [0.2, 0.25) is 0 Å². The van der Waals surface area contributed by atoms with Crippen LogP contribution in [0, 0.1) is 0 Å². The molecule has 26 heavy (non-hydrogen) atoms. The summed E-state index contributed by atoms with van der Waals surface area (Å²) in [6, 6.07) is 10.7. The summed E-state index contributed by atoms with van der Waals surface area (Å²) in [4.78, 5) is 13.7. The van der Waals surface area contributed by atoms with Crippen LogP contribution >= 0.6 is 0 Å². The third-order valence-corrected chi connectivity index (χ3v) is 4.65. The van der Waals surface area contributed by atoms with Gasteiger partial charge in [-0.15, -0.1) is 0 Å². The highest BCUT2D eigenvalue weighted by atomic mass is 16.1. The molecule has 1 aromatic rings. The van der Waals surface area contributed by atoms with Gasteiger partial charge in [0.1, 0.15) is 0 Å². The van der Waals surface area contributed by atoms with E-state index in [-0.39, 0.29) is 0 Å². The SMILES string of the molecule is C/C=C\C=C/CC(CNC1CCN(C)C1)(NC=O)c1ccccc1.CC. The Kier molecular flexibility index (Phi) is 10.6. The third kappa shape index (κ3) is 6.77. The molecular weight excluding hydrogens is 322 g/mol. The van der Waals surface area contributed by atoms with Gasteiger partial charge in [-0.25, -0.2) is 0 Å². The van der Waals surface area contributed by atoms with Crippen molar-refractivity contribution in [1.82, 2.24) is 15.5 Å². The fraction of sp³-hybridized carbons (Fsp3) is 0.500. The number of benzene rings is 1. The maximum absolute atomic E-state index is 11.3. The van der Waals surface area contributed by atoms with Crippen molar-refractivity contribution in [3.05, 3.63) is 60.2 Å². The number of likely N-dealkylation sites (tertiary alicyclic amines) is 1. The van der Waals surface area contributed by atoms with Gasteiger partial charge in [0, 0.05) is 19.1 Å². The smallest absolute Gasteiger partial charge is 0.207 e. The summed E-state index contributed by atoms with van der Waals surface area (Å²) in [7, 11) is 2.15. The second-order valence-electron chi connectivity index (χ2n) is 6.50. The molecule has 1 aliphatic rings. The van der Waals surface area contributed by atoms with E-state index in [0.717, 1.165) is 37.9 Å². The fourth-order valence-electron chi connectivity index (χ4n) is 3.23. The lowest BCUT2D eigenvalue weighted by Crippen LogP contribution is -2.51. The zero-order valence-electron chi connectivity index (χ0n) is 16.7. The van der Waals surface area contributed by atoms with E-state index < -0.39 is 5.54 Å². The standard InChI is InChI=1S/C20H29N3O.C2H6/c1-3-4-5-9-13-20(22-17-24,18-10-7-6-8-11-18)16-21-19-12-14-23(2)15-19;1-2/h3-11,17,19,21H,12-16H2,1-2H3,(H,22,24);1-2H3/b4-3-,9-5-;. The number of rotatable bonds is 9. The number of allylic oxidation sites excluding steroid dienone is 3. The van der Waals surface area contributed by atoms with Crippen molar-refractivity contribution < 1.29 is 4.79 Å². The molecule has 2 N–H and O–H groups in total. The zero-order valence-corrected chi connectivity index (χ0v) is 16.7. The number of amides is 1. The topological polar surface area (TPSA) is 44.4 Å². The van der Waals surface area contributed by atoms with Gasteiger partial charge in [-0.2, -0.15) is 0 Å². The number of hydrogen-bond donors (Lipinski definition) is 2. The number of hydrogen-bond acceptors (Lipinski definition) is 3. The minimum Gasteiger partial charge on any atom is -0.348 e. The maximum atomic E-state index is 11.3. The molecule has 1 aliphatic heterocycles. The van der Waals surface area contributed by atoms with Crippen molar-refractivity contribution in [2.45, 2.75) is 45.2 Å². The van der Waals surface area contributed by atoms with Gasteiger partial charge in [-0.3, -0.25) is 4.79 Å². The van der Waals surface area contributed by atoms with Crippen molar-refractivity contribution in [1.29, 1.82) is 0 Å². The molecule has 2 unspecified atom stereocenters. The second-order valence-corrected chi connectivity index (χ2v) is 6.50. The van der Waals surface area contributed by atoms with Crippen LogP contribution in [0.1, 0.15) is 39.2 Å². The Morgan fingerprint density at radius 3 is 2.54 bits per heavy atom. The Hall–Kier alpha value is -1.91. The van der Waals surface area contributed by atoms with Crippen LogP contribution in [0.5, 0.6) is 0 Å². The average Bonchev–Trinajstić information content (AvgIpc) is 3.11. The Labute approximate surface area is 159 Å². The summed E-state index contributed by atoms with van der Waals surface area (Å²) in [5, 5.41) is 6.75. The first-order chi connectivity index (χ1) is 12.7. The van der Waals surface area contributed by atoms with Crippen LogP contribution in [0.15, 0.2) is 54.6 Å². The molecule has 2 rings (SSSR count). The van der Waals surface area contributed by atoms with E-state index in [1.807, 2.05) is 57.2 Å². The highest BCUT2D eigenvalue weighted by molar-refractivity contribution is 5.50. The van der Waals surface area contributed by atoms with Crippen molar-refractivity contribution >= 4 is 6.41 Å². The first kappa shape index (κ1) is 22.1. The number of nitrogens with zero attached hydrogens (tertiary/aromatic N) is 1. The molecule has 144 valence electrons. The molecule has 1 saturated heterocycles. The summed E-state index contributed by atoms with van der Waals surface area (Å²) >= 11 is 0. The number of nitrogens with one attached hydrogen (secondary N) is 2. The van der Waals surface area contributed by atoms with E-state index in [9.17, 15) is 4.79 Å². The van der Waals surface area contributed by atoms with E-state index in [1.54, 1.807) is 0 Å². The monoisotopic (exact) mass is 357 g/mol. The Bertz CT molecular complexity index is 556.